The summed E-state index contributed by atoms with van der Waals surface area (Å²) in [6.07, 6.45) is 3.92. The first kappa shape index (κ1) is 19.7. The molecule has 31 heavy (non-hydrogen) atoms. The maximum Gasteiger partial charge on any atom is 0.111 e. The zero-order valence-corrected chi connectivity index (χ0v) is 18.1. The van der Waals surface area contributed by atoms with E-state index in [-0.39, 0.29) is 0 Å². The number of pyridine rings is 1. The van der Waals surface area contributed by atoms with Crippen LogP contribution in [0, 0.1) is 6.92 Å². The van der Waals surface area contributed by atoms with Gasteiger partial charge in [-0.05, 0) is 48.9 Å². The third-order valence-electron chi connectivity index (χ3n) is 5.01. The molecule has 0 saturated carbocycles. The molecule has 5 rings (SSSR count). The van der Waals surface area contributed by atoms with Crippen molar-refractivity contribution in [1.29, 1.82) is 0 Å². The number of H-pyrrole nitrogens is 1. The van der Waals surface area contributed by atoms with Gasteiger partial charge in [-0.25, -0.2) is 4.98 Å². The lowest BCUT2D eigenvalue weighted by atomic mass is 10.1. The number of aromatic amines is 1. The van der Waals surface area contributed by atoms with Crippen molar-refractivity contribution in [3.63, 3.8) is 0 Å². The molecule has 152 valence electrons. The Morgan fingerprint density at radius 3 is 2.52 bits per heavy atom. The van der Waals surface area contributed by atoms with Gasteiger partial charge in [-0.2, -0.15) is 0 Å². The van der Waals surface area contributed by atoms with Gasteiger partial charge in [0.1, 0.15) is 5.82 Å². The van der Waals surface area contributed by atoms with Crippen molar-refractivity contribution in [3.8, 4) is 22.6 Å². The summed E-state index contributed by atoms with van der Waals surface area (Å²) in [6, 6.07) is 17.4. The van der Waals surface area contributed by atoms with Crippen molar-refractivity contribution in [1.82, 2.24) is 24.9 Å². The normalized spacial score (nSPS) is 11.2. The van der Waals surface area contributed by atoms with E-state index in [9.17, 15) is 0 Å². The topological polar surface area (TPSA) is 67.3 Å². The number of nitrogens with zero attached hydrogens (tertiary/aromatic N) is 4. The van der Waals surface area contributed by atoms with Crippen LogP contribution in [0.1, 0.15) is 17.1 Å². The van der Waals surface area contributed by atoms with Gasteiger partial charge >= 0.3 is 0 Å². The van der Waals surface area contributed by atoms with Gasteiger partial charge in [-0.15, -0.1) is 0 Å². The van der Waals surface area contributed by atoms with Crippen molar-refractivity contribution >= 4 is 34.2 Å². The lowest BCUT2D eigenvalue weighted by Gasteiger charge is -2.04. The van der Waals surface area contributed by atoms with E-state index >= 15 is 0 Å². The molecule has 0 saturated heterocycles. The number of benzene rings is 2. The van der Waals surface area contributed by atoms with Crippen molar-refractivity contribution in [3.05, 3.63) is 94.1 Å². The van der Waals surface area contributed by atoms with E-state index in [0.717, 1.165) is 50.8 Å². The summed E-state index contributed by atoms with van der Waals surface area (Å²) in [7, 11) is 0. The number of rotatable bonds is 4. The standard InChI is InChI=1S/C24H17Cl2N5/c1-14-3-2-4-20(29-14)24-23(16-6-8-19-21(11-16)28-10-9-27-19)30-22(31-24)12-15-5-7-17(25)13-18(15)26/h2-11,13H,12H2,1H3,(H,30,31). The average molecular weight is 446 g/mol. The minimum atomic E-state index is 0.544. The van der Waals surface area contributed by atoms with Crippen LogP contribution >= 0.6 is 23.2 Å². The lowest BCUT2D eigenvalue weighted by Crippen LogP contribution is -1.92. The van der Waals surface area contributed by atoms with E-state index in [4.69, 9.17) is 33.2 Å². The van der Waals surface area contributed by atoms with E-state index in [1.807, 2.05) is 55.5 Å². The molecule has 3 heterocycles. The number of imidazole rings is 1. The first-order valence-corrected chi connectivity index (χ1v) is 10.5. The fourth-order valence-corrected chi connectivity index (χ4v) is 4.01. The van der Waals surface area contributed by atoms with Crippen LogP contribution in [0.3, 0.4) is 0 Å². The lowest BCUT2D eigenvalue weighted by molar-refractivity contribution is 1.03. The fourth-order valence-electron chi connectivity index (χ4n) is 3.54. The molecule has 0 atom stereocenters. The highest BCUT2D eigenvalue weighted by molar-refractivity contribution is 6.35. The Bertz CT molecular complexity index is 1410. The average Bonchev–Trinajstić information content (AvgIpc) is 3.19. The summed E-state index contributed by atoms with van der Waals surface area (Å²) in [5.41, 5.74) is 6.96. The van der Waals surface area contributed by atoms with Crippen LogP contribution in [0.4, 0.5) is 0 Å². The van der Waals surface area contributed by atoms with Crippen LogP contribution in [0.15, 0.2) is 67.0 Å². The van der Waals surface area contributed by atoms with Crippen molar-refractivity contribution in [2.24, 2.45) is 0 Å². The molecule has 0 radical (unpaired) electrons. The molecule has 2 aromatic carbocycles. The quantitative estimate of drug-likeness (QED) is 0.352. The molecule has 3 aromatic heterocycles. The van der Waals surface area contributed by atoms with Gasteiger partial charge in [0.15, 0.2) is 0 Å². The molecule has 5 aromatic rings. The minimum Gasteiger partial charge on any atom is -0.340 e. The van der Waals surface area contributed by atoms with Crippen LogP contribution in [-0.4, -0.2) is 24.9 Å². The van der Waals surface area contributed by atoms with Gasteiger partial charge < -0.3 is 4.98 Å². The van der Waals surface area contributed by atoms with Crippen LogP contribution in [-0.2, 0) is 6.42 Å². The van der Waals surface area contributed by atoms with Gasteiger partial charge in [0.25, 0.3) is 0 Å². The zero-order valence-electron chi connectivity index (χ0n) is 16.6. The second-order valence-electron chi connectivity index (χ2n) is 7.24. The number of nitrogens with one attached hydrogen (secondary N) is 1. The monoisotopic (exact) mass is 445 g/mol. The number of hydrogen-bond acceptors (Lipinski definition) is 4. The molecule has 0 aliphatic rings. The van der Waals surface area contributed by atoms with Gasteiger partial charge in [-0.3, -0.25) is 15.0 Å². The summed E-state index contributed by atoms with van der Waals surface area (Å²) in [5.74, 6) is 0.789. The summed E-state index contributed by atoms with van der Waals surface area (Å²) in [6.45, 7) is 1.97. The van der Waals surface area contributed by atoms with Gasteiger partial charge in [0.05, 0.1) is 28.1 Å². The molecule has 0 spiro atoms. The number of aromatic nitrogens is 5. The van der Waals surface area contributed by atoms with E-state index < -0.39 is 0 Å². The Kier molecular flexibility index (Phi) is 5.14. The zero-order chi connectivity index (χ0) is 21.4. The largest absolute Gasteiger partial charge is 0.340 e. The summed E-state index contributed by atoms with van der Waals surface area (Å²) in [4.78, 5) is 21.9. The third kappa shape index (κ3) is 4.02. The first-order chi connectivity index (χ1) is 15.1. The number of hydrogen-bond donors (Lipinski definition) is 1. The summed E-state index contributed by atoms with van der Waals surface area (Å²) >= 11 is 12.4. The Balaban J connectivity index is 1.64. The SMILES string of the molecule is Cc1cccc(-c2[nH]c(Cc3ccc(Cl)cc3Cl)nc2-c2ccc3nccnc3c2)n1. The van der Waals surface area contributed by atoms with Crippen molar-refractivity contribution in [2.45, 2.75) is 13.3 Å². The Hall–Kier alpha value is -3.28. The molecule has 5 nitrogen and oxygen atoms in total. The van der Waals surface area contributed by atoms with E-state index in [2.05, 4.69) is 15.0 Å². The Morgan fingerprint density at radius 2 is 1.71 bits per heavy atom. The molecule has 0 amide bonds. The number of aryl methyl sites for hydroxylation is 1. The molecule has 0 aliphatic carbocycles. The van der Waals surface area contributed by atoms with E-state index in [1.165, 1.54) is 0 Å². The summed E-state index contributed by atoms with van der Waals surface area (Å²) in [5, 5.41) is 1.22. The molecule has 1 N–H and O–H groups in total. The maximum absolute atomic E-state index is 6.39. The second-order valence-corrected chi connectivity index (χ2v) is 8.09. The molecule has 0 unspecified atom stereocenters. The van der Waals surface area contributed by atoms with Crippen molar-refractivity contribution < 1.29 is 0 Å². The maximum atomic E-state index is 6.39. The number of halogens is 2. The Labute approximate surface area is 189 Å². The molecule has 7 heteroatoms. The first-order valence-electron chi connectivity index (χ1n) is 9.75. The number of fused-ring (bicyclic) bond motifs is 1. The second kappa shape index (κ2) is 8.10. The Morgan fingerprint density at radius 1 is 0.871 bits per heavy atom. The van der Waals surface area contributed by atoms with Crippen LogP contribution in [0.5, 0.6) is 0 Å². The molecule has 0 bridgehead atoms. The van der Waals surface area contributed by atoms with Gasteiger partial charge in [0.2, 0.25) is 0 Å². The predicted octanol–water partition coefficient (Wildman–Crippen LogP) is 6.29. The van der Waals surface area contributed by atoms with Crippen LogP contribution in [0.2, 0.25) is 10.0 Å². The van der Waals surface area contributed by atoms with Crippen LogP contribution in [0.25, 0.3) is 33.7 Å². The molecule has 0 fully saturated rings. The molecular weight excluding hydrogens is 429 g/mol. The van der Waals surface area contributed by atoms with Crippen LogP contribution < -0.4 is 0 Å². The van der Waals surface area contributed by atoms with E-state index in [1.54, 1.807) is 18.5 Å². The van der Waals surface area contributed by atoms with E-state index in [0.29, 0.717) is 16.5 Å². The smallest absolute Gasteiger partial charge is 0.111 e. The molecular formula is C24H17Cl2N5. The highest BCUT2D eigenvalue weighted by Gasteiger charge is 2.17. The van der Waals surface area contributed by atoms with Gasteiger partial charge in [-0.1, -0.05) is 41.4 Å². The fraction of sp³-hybridized carbons (Fsp3) is 0.0833. The third-order valence-corrected chi connectivity index (χ3v) is 5.60. The molecule has 0 aliphatic heterocycles. The predicted molar refractivity (Wildman–Crippen MR) is 124 cm³/mol. The van der Waals surface area contributed by atoms with Gasteiger partial charge in [0, 0.05) is 40.1 Å². The van der Waals surface area contributed by atoms with Crippen molar-refractivity contribution in [2.75, 3.05) is 0 Å². The minimum absolute atomic E-state index is 0.544. The highest BCUT2D eigenvalue weighted by Crippen LogP contribution is 2.32. The highest BCUT2D eigenvalue weighted by atomic mass is 35.5. The summed E-state index contributed by atoms with van der Waals surface area (Å²) < 4.78 is 0.